The van der Waals surface area contributed by atoms with Gasteiger partial charge in [0.2, 0.25) is 5.91 Å². The molecule has 1 saturated carbocycles. The number of nitrogens with zero attached hydrogens (tertiary/aromatic N) is 2. The van der Waals surface area contributed by atoms with Crippen molar-refractivity contribution >= 4 is 35.8 Å². The number of hydrogen-bond donors (Lipinski definition) is 3. The third kappa shape index (κ3) is 9.36. The van der Waals surface area contributed by atoms with Gasteiger partial charge in [0.15, 0.2) is 5.96 Å². The molecule has 26 heavy (non-hydrogen) atoms. The van der Waals surface area contributed by atoms with Crippen LogP contribution in [0.15, 0.2) is 4.99 Å². The summed E-state index contributed by atoms with van der Waals surface area (Å²) in [7, 11) is 0. The van der Waals surface area contributed by atoms with E-state index in [-0.39, 0.29) is 35.8 Å². The lowest BCUT2D eigenvalue weighted by atomic mass is 9.89. The zero-order valence-electron chi connectivity index (χ0n) is 16.1. The van der Waals surface area contributed by atoms with Gasteiger partial charge in [-0.3, -0.25) is 14.7 Å². The highest BCUT2D eigenvalue weighted by atomic mass is 127. The van der Waals surface area contributed by atoms with Crippen LogP contribution in [0.4, 0.5) is 0 Å². The number of aliphatic imine (C=N–C) groups is 1. The average molecular weight is 481 g/mol. The molecule has 2 aliphatic rings. The number of nitrogens with one attached hydrogen (secondary N) is 3. The molecule has 1 aliphatic heterocycles. The molecule has 2 rings (SSSR count). The highest BCUT2D eigenvalue weighted by Gasteiger charge is 2.20. The van der Waals surface area contributed by atoms with Gasteiger partial charge < -0.3 is 20.7 Å². The number of rotatable bonds is 8. The van der Waals surface area contributed by atoms with Gasteiger partial charge in [-0.2, -0.15) is 0 Å². The van der Waals surface area contributed by atoms with Crippen LogP contribution < -0.4 is 16.0 Å². The van der Waals surface area contributed by atoms with E-state index in [0.717, 1.165) is 64.7 Å². The van der Waals surface area contributed by atoms with Gasteiger partial charge in [-0.25, -0.2) is 0 Å². The van der Waals surface area contributed by atoms with Crippen LogP contribution in [0.3, 0.4) is 0 Å². The van der Waals surface area contributed by atoms with Gasteiger partial charge in [-0.1, -0.05) is 19.3 Å². The molecule has 8 heteroatoms. The van der Waals surface area contributed by atoms with E-state index in [1.807, 2.05) is 0 Å². The Kier molecular flexibility index (Phi) is 13.0. The van der Waals surface area contributed by atoms with Crippen molar-refractivity contribution in [3.8, 4) is 0 Å². The van der Waals surface area contributed by atoms with Crippen LogP contribution in [0.2, 0.25) is 0 Å². The third-order valence-electron chi connectivity index (χ3n) is 4.83. The van der Waals surface area contributed by atoms with Crippen LogP contribution in [0.5, 0.6) is 0 Å². The van der Waals surface area contributed by atoms with E-state index >= 15 is 0 Å². The number of guanidine groups is 1. The predicted molar refractivity (Wildman–Crippen MR) is 116 cm³/mol. The number of ether oxygens (including phenoxy) is 1. The predicted octanol–water partition coefficient (Wildman–Crippen LogP) is 1.19. The second-order valence-corrected chi connectivity index (χ2v) is 6.77. The van der Waals surface area contributed by atoms with Crippen LogP contribution in [-0.4, -0.2) is 75.8 Å². The van der Waals surface area contributed by atoms with Crippen molar-refractivity contribution in [2.45, 2.75) is 39.0 Å². The molecule has 0 unspecified atom stereocenters. The van der Waals surface area contributed by atoms with Gasteiger partial charge in [0.1, 0.15) is 0 Å². The summed E-state index contributed by atoms with van der Waals surface area (Å²) in [6.45, 7) is 9.58. The maximum Gasteiger partial charge on any atom is 0.223 e. The molecule has 0 atom stereocenters. The standard InChI is InChI=1S/C18H35N5O2.HI/c1-2-19-18(22-10-11-23-12-14-25-15-13-23)21-9-8-20-17(24)16-6-4-3-5-7-16;/h16H,2-15H2,1H3,(H,20,24)(H2,19,21,22);1H. The molecule has 1 saturated heterocycles. The van der Waals surface area contributed by atoms with Crippen molar-refractivity contribution in [1.82, 2.24) is 20.9 Å². The summed E-state index contributed by atoms with van der Waals surface area (Å²) in [5.74, 6) is 1.27. The van der Waals surface area contributed by atoms with Gasteiger partial charge in [0.25, 0.3) is 0 Å². The molecule has 0 spiro atoms. The number of hydrogen-bond acceptors (Lipinski definition) is 4. The lowest BCUT2D eigenvalue weighted by Gasteiger charge is -2.25. The molecule has 0 bridgehead atoms. The largest absolute Gasteiger partial charge is 0.379 e. The number of carbonyl (C=O) groups excluding carboxylic acids is 1. The Morgan fingerprint density at radius 3 is 2.46 bits per heavy atom. The minimum Gasteiger partial charge on any atom is -0.379 e. The van der Waals surface area contributed by atoms with Crippen LogP contribution >= 0.6 is 24.0 Å². The summed E-state index contributed by atoms with van der Waals surface area (Å²) >= 11 is 0. The maximum atomic E-state index is 12.1. The monoisotopic (exact) mass is 481 g/mol. The first-order chi connectivity index (χ1) is 12.3. The van der Waals surface area contributed by atoms with Crippen LogP contribution in [-0.2, 0) is 9.53 Å². The Hall–Kier alpha value is -0.610. The average Bonchev–Trinajstić information content (AvgIpc) is 2.66. The highest BCUT2D eigenvalue weighted by molar-refractivity contribution is 14.0. The molecule has 2 fully saturated rings. The van der Waals surface area contributed by atoms with E-state index in [0.29, 0.717) is 13.1 Å². The summed E-state index contributed by atoms with van der Waals surface area (Å²) in [5, 5.41) is 9.60. The van der Waals surface area contributed by atoms with Crippen molar-refractivity contribution in [3.05, 3.63) is 0 Å². The zero-order valence-corrected chi connectivity index (χ0v) is 18.4. The molecule has 0 aromatic rings. The van der Waals surface area contributed by atoms with Gasteiger partial charge in [-0.15, -0.1) is 24.0 Å². The normalized spacial score (nSPS) is 19.5. The van der Waals surface area contributed by atoms with Crippen LogP contribution in [0, 0.1) is 5.92 Å². The molecule has 0 radical (unpaired) electrons. The molecule has 1 amide bonds. The van der Waals surface area contributed by atoms with Crippen molar-refractivity contribution in [2.75, 3.05) is 59.0 Å². The smallest absolute Gasteiger partial charge is 0.223 e. The lowest BCUT2D eigenvalue weighted by molar-refractivity contribution is -0.125. The first-order valence-electron chi connectivity index (χ1n) is 9.89. The molecule has 152 valence electrons. The summed E-state index contributed by atoms with van der Waals surface area (Å²) in [4.78, 5) is 19.1. The first-order valence-corrected chi connectivity index (χ1v) is 9.89. The fraction of sp³-hybridized carbons (Fsp3) is 0.889. The third-order valence-corrected chi connectivity index (χ3v) is 4.83. The quantitative estimate of drug-likeness (QED) is 0.210. The molecule has 3 N–H and O–H groups in total. The summed E-state index contributed by atoms with van der Waals surface area (Å²) in [6.07, 6.45) is 5.75. The Morgan fingerprint density at radius 1 is 1.08 bits per heavy atom. The van der Waals surface area contributed by atoms with Crippen LogP contribution in [0.25, 0.3) is 0 Å². The Labute approximate surface area is 175 Å². The second-order valence-electron chi connectivity index (χ2n) is 6.77. The van der Waals surface area contributed by atoms with Gasteiger partial charge >= 0.3 is 0 Å². The number of morpholine rings is 1. The Balaban J connectivity index is 0.00000338. The topological polar surface area (TPSA) is 78.0 Å². The molecular weight excluding hydrogens is 445 g/mol. The molecule has 7 nitrogen and oxygen atoms in total. The van der Waals surface area contributed by atoms with Crippen LogP contribution in [0.1, 0.15) is 39.0 Å². The summed E-state index contributed by atoms with van der Waals surface area (Å²) < 4.78 is 5.36. The van der Waals surface area contributed by atoms with Crippen molar-refractivity contribution < 1.29 is 9.53 Å². The van der Waals surface area contributed by atoms with Crippen molar-refractivity contribution in [2.24, 2.45) is 10.9 Å². The molecule has 0 aromatic carbocycles. The van der Waals surface area contributed by atoms with Crippen molar-refractivity contribution in [1.29, 1.82) is 0 Å². The van der Waals surface area contributed by atoms with E-state index in [4.69, 9.17) is 4.74 Å². The van der Waals surface area contributed by atoms with Gasteiger partial charge in [-0.05, 0) is 19.8 Å². The van der Waals surface area contributed by atoms with E-state index < -0.39 is 0 Å². The van der Waals surface area contributed by atoms with Gasteiger partial charge in [0, 0.05) is 45.2 Å². The first kappa shape index (κ1) is 23.4. The highest BCUT2D eigenvalue weighted by Crippen LogP contribution is 2.23. The van der Waals surface area contributed by atoms with Gasteiger partial charge in [0.05, 0.1) is 19.8 Å². The minimum absolute atomic E-state index is 0. The molecule has 1 heterocycles. The number of amides is 1. The number of carbonyl (C=O) groups is 1. The summed E-state index contributed by atoms with van der Waals surface area (Å²) in [6, 6.07) is 0. The van der Waals surface area contributed by atoms with E-state index in [1.54, 1.807) is 0 Å². The lowest BCUT2D eigenvalue weighted by Crippen LogP contribution is -2.43. The second kappa shape index (κ2) is 14.4. The minimum atomic E-state index is 0. The maximum absolute atomic E-state index is 12.1. The SMILES string of the molecule is CCNC(=NCCN1CCOCC1)NCCNC(=O)C1CCCCC1.I. The summed E-state index contributed by atoms with van der Waals surface area (Å²) in [5.41, 5.74) is 0. The van der Waals surface area contributed by atoms with E-state index in [2.05, 4.69) is 32.8 Å². The molecular formula is C18H36IN5O2. The molecule has 0 aromatic heterocycles. The van der Waals surface area contributed by atoms with E-state index in [9.17, 15) is 4.79 Å². The van der Waals surface area contributed by atoms with Crippen molar-refractivity contribution in [3.63, 3.8) is 0 Å². The molecule has 1 aliphatic carbocycles. The zero-order chi connectivity index (χ0) is 17.7. The van der Waals surface area contributed by atoms with E-state index in [1.165, 1.54) is 19.3 Å². The fourth-order valence-electron chi connectivity index (χ4n) is 3.35. The Morgan fingerprint density at radius 2 is 1.77 bits per heavy atom. The number of halogens is 1. The fourth-order valence-corrected chi connectivity index (χ4v) is 3.35. The Bertz CT molecular complexity index is 410.